The SMILES string of the molecule is CCOC(=O)C1(N)C(=O)N2[C@@H](C(=O)OC(c3ccccc3)c3ccccc3)C(C)(C)S[C@@H]21. The Morgan fingerprint density at radius 2 is 1.59 bits per heavy atom. The van der Waals surface area contributed by atoms with Crippen LogP contribution < -0.4 is 5.73 Å². The van der Waals surface area contributed by atoms with E-state index in [1.807, 2.05) is 74.5 Å². The van der Waals surface area contributed by atoms with Crippen LogP contribution >= 0.6 is 11.8 Å². The van der Waals surface area contributed by atoms with E-state index < -0.39 is 45.7 Å². The van der Waals surface area contributed by atoms with Crippen LogP contribution in [-0.2, 0) is 23.9 Å². The first-order valence-electron chi connectivity index (χ1n) is 10.5. The Morgan fingerprint density at radius 1 is 1.06 bits per heavy atom. The molecule has 168 valence electrons. The van der Waals surface area contributed by atoms with Crippen molar-refractivity contribution < 1.29 is 23.9 Å². The van der Waals surface area contributed by atoms with Gasteiger partial charge in [-0.3, -0.25) is 4.79 Å². The third-order valence-corrected chi connectivity index (χ3v) is 7.51. The molecule has 2 heterocycles. The van der Waals surface area contributed by atoms with Crippen molar-refractivity contribution in [2.24, 2.45) is 5.73 Å². The van der Waals surface area contributed by atoms with Crippen molar-refractivity contribution in [1.82, 2.24) is 4.90 Å². The molecule has 1 amide bonds. The van der Waals surface area contributed by atoms with Gasteiger partial charge in [-0.15, -0.1) is 11.8 Å². The summed E-state index contributed by atoms with van der Waals surface area (Å²) in [6, 6.07) is 18.0. The fraction of sp³-hybridized carbons (Fsp3) is 0.375. The Balaban J connectivity index is 1.62. The lowest BCUT2D eigenvalue weighted by molar-refractivity contribution is -0.179. The molecule has 8 heteroatoms. The van der Waals surface area contributed by atoms with Crippen molar-refractivity contribution in [2.45, 2.75) is 48.6 Å². The summed E-state index contributed by atoms with van der Waals surface area (Å²) in [5.74, 6) is -1.92. The van der Waals surface area contributed by atoms with Gasteiger partial charge in [-0.05, 0) is 31.9 Å². The molecule has 2 fully saturated rings. The molecule has 2 N–H and O–H groups in total. The standard InChI is InChI=1S/C24H26N2O5S/c1-4-30-22(29)24(25)20(28)26-18(23(2,3)32-21(24)26)19(27)31-17(15-11-7-5-8-12-15)16-13-9-6-10-14-16/h5-14,17-18,21H,4,25H2,1-3H3/t18-,21+,24?/m0/s1. The lowest BCUT2D eigenvalue weighted by Gasteiger charge is -2.48. The topological polar surface area (TPSA) is 98.9 Å². The second-order valence-corrected chi connectivity index (χ2v) is 10.2. The van der Waals surface area contributed by atoms with Crippen molar-refractivity contribution in [3.05, 3.63) is 71.8 Å². The van der Waals surface area contributed by atoms with Crippen LogP contribution in [0.4, 0.5) is 0 Å². The van der Waals surface area contributed by atoms with Gasteiger partial charge in [-0.25, -0.2) is 9.59 Å². The first-order valence-corrected chi connectivity index (χ1v) is 11.4. The first-order chi connectivity index (χ1) is 15.2. The maximum atomic E-state index is 13.5. The molecule has 2 aliphatic rings. The second kappa shape index (κ2) is 8.26. The fourth-order valence-corrected chi connectivity index (χ4v) is 5.90. The summed E-state index contributed by atoms with van der Waals surface area (Å²) in [5.41, 5.74) is 6.04. The Kier molecular flexibility index (Phi) is 5.77. The fourth-order valence-electron chi connectivity index (χ4n) is 4.27. The molecule has 2 aromatic rings. The highest BCUT2D eigenvalue weighted by Crippen LogP contribution is 2.54. The normalized spacial score (nSPS) is 25.8. The zero-order valence-electron chi connectivity index (χ0n) is 18.2. The van der Waals surface area contributed by atoms with Crippen LogP contribution in [0.1, 0.15) is 38.0 Å². The second-order valence-electron chi connectivity index (χ2n) is 8.42. The molecule has 0 bridgehead atoms. The van der Waals surface area contributed by atoms with Gasteiger partial charge in [-0.2, -0.15) is 0 Å². The van der Waals surface area contributed by atoms with Crippen molar-refractivity contribution in [1.29, 1.82) is 0 Å². The number of nitrogens with two attached hydrogens (primary N) is 1. The maximum absolute atomic E-state index is 13.5. The maximum Gasteiger partial charge on any atom is 0.339 e. The van der Waals surface area contributed by atoms with E-state index in [2.05, 4.69) is 0 Å². The monoisotopic (exact) mass is 454 g/mol. The van der Waals surface area contributed by atoms with Gasteiger partial charge in [0.15, 0.2) is 6.10 Å². The number of β-lactam (4-membered cyclic amide) rings is 1. The van der Waals surface area contributed by atoms with E-state index >= 15 is 0 Å². The molecule has 0 spiro atoms. The van der Waals surface area contributed by atoms with Crippen LogP contribution in [0.15, 0.2) is 60.7 Å². The van der Waals surface area contributed by atoms with Crippen LogP contribution in [-0.4, -0.2) is 51.1 Å². The van der Waals surface area contributed by atoms with Crippen molar-refractivity contribution in [3.63, 3.8) is 0 Å². The number of benzene rings is 2. The third kappa shape index (κ3) is 3.47. The van der Waals surface area contributed by atoms with E-state index in [0.717, 1.165) is 11.1 Å². The molecule has 0 aromatic heterocycles. The van der Waals surface area contributed by atoms with E-state index in [1.165, 1.54) is 16.7 Å². The average molecular weight is 455 g/mol. The molecule has 32 heavy (non-hydrogen) atoms. The predicted octanol–water partition coefficient (Wildman–Crippen LogP) is 2.64. The lowest BCUT2D eigenvalue weighted by Crippen LogP contribution is -2.81. The molecule has 4 rings (SSSR count). The lowest BCUT2D eigenvalue weighted by atomic mass is 9.85. The Hall–Kier alpha value is -2.84. The molecule has 0 aliphatic carbocycles. The van der Waals surface area contributed by atoms with Gasteiger partial charge < -0.3 is 20.1 Å². The minimum atomic E-state index is -1.79. The predicted molar refractivity (Wildman–Crippen MR) is 120 cm³/mol. The Labute approximate surface area is 191 Å². The van der Waals surface area contributed by atoms with Gasteiger partial charge in [0.1, 0.15) is 11.4 Å². The average Bonchev–Trinajstić information content (AvgIpc) is 3.07. The van der Waals surface area contributed by atoms with Gasteiger partial charge in [0.05, 0.1) is 6.61 Å². The van der Waals surface area contributed by atoms with Gasteiger partial charge in [0, 0.05) is 4.75 Å². The summed E-state index contributed by atoms with van der Waals surface area (Å²) in [6.07, 6.45) is -0.631. The highest BCUT2D eigenvalue weighted by molar-refractivity contribution is 8.01. The number of rotatable bonds is 6. The number of ether oxygens (including phenoxy) is 2. The number of nitrogens with zero attached hydrogens (tertiary/aromatic N) is 1. The first kappa shape index (κ1) is 22.4. The molecule has 1 unspecified atom stereocenters. The minimum absolute atomic E-state index is 0.118. The number of carbonyl (C=O) groups excluding carboxylic acids is 3. The molecule has 3 atom stereocenters. The summed E-state index contributed by atoms with van der Waals surface area (Å²) in [4.78, 5) is 40.2. The van der Waals surface area contributed by atoms with Gasteiger partial charge in [0.25, 0.3) is 5.91 Å². The van der Waals surface area contributed by atoms with Crippen LogP contribution in [0.2, 0.25) is 0 Å². The van der Waals surface area contributed by atoms with Gasteiger partial charge >= 0.3 is 11.9 Å². The van der Waals surface area contributed by atoms with Gasteiger partial charge in [-0.1, -0.05) is 60.7 Å². The number of carbonyl (C=O) groups is 3. The summed E-state index contributed by atoms with van der Waals surface area (Å²) in [5, 5.41) is -0.687. The van der Waals surface area contributed by atoms with Crippen LogP contribution in [0, 0.1) is 0 Å². The van der Waals surface area contributed by atoms with E-state index in [-0.39, 0.29) is 6.61 Å². The molecular weight excluding hydrogens is 428 g/mol. The molecule has 2 aliphatic heterocycles. The molecule has 0 radical (unpaired) electrons. The molecule has 7 nitrogen and oxygen atoms in total. The summed E-state index contributed by atoms with van der Waals surface area (Å²) in [7, 11) is 0. The van der Waals surface area contributed by atoms with Crippen molar-refractivity contribution in [3.8, 4) is 0 Å². The van der Waals surface area contributed by atoms with E-state index in [1.54, 1.807) is 6.92 Å². The van der Waals surface area contributed by atoms with Gasteiger partial charge in [0.2, 0.25) is 5.54 Å². The van der Waals surface area contributed by atoms with E-state index in [4.69, 9.17) is 15.2 Å². The quantitative estimate of drug-likeness (QED) is 0.407. The van der Waals surface area contributed by atoms with Crippen LogP contribution in [0.5, 0.6) is 0 Å². The summed E-state index contributed by atoms with van der Waals surface area (Å²) < 4.78 is 10.3. The van der Waals surface area contributed by atoms with Crippen LogP contribution in [0.3, 0.4) is 0 Å². The number of amides is 1. The number of hydrogen-bond donors (Lipinski definition) is 1. The van der Waals surface area contributed by atoms with E-state index in [0.29, 0.717) is 0 Å². The highest BCUT2D eigenvalue weighted by atomic mass is 32.2. The highest BCUT2D eigenvalue weighted by Gasteiger charge is 2.74. The summed E-state index contributed by atoms with van der Waals surface area (Å²) in [6.45, 7) is 5.47. The molecule has 2 aromatic carbocycles. The van der Waals surface area contributed by atoms with Crippen molar-refractivity contribution >= 4 is 29.6 Å². The van der Waals surface area contributed by atoms with E-state index in [9.17, 15) is 14.4 Å². The molecule has 2 saturated heterocycles. The number of hydrogen-bond acceptors (Lipinski definition) is 7. The minimum Gasteiger partial charge on any atom is -0.464 e. The number of esters is 2. The zero-order valence-corrected chi connectivity index (χ0v) is 19.0. The van der Waals surface area contributed by atoms with Crippen molar-refractivity contribution in [2.75, 3.05) is 6.61 Å². The Bertz CT molecular complexity index is 990. The molecular formula is C24H26N2O5S. The molecule has 0 saturated carbocycles. The number of fused-ring (bicyclic) bond motifs is 1. The zero-order chi connectivity index (χ0) is 23.1. The Morgan fingerprint density at radius 3 is 2.09 bits per heavy atom. The van der Waals surface area contributed by atoms with Crippen LogP contribution in [0.25, 0.3) is 0 Å². The number of thioether (sulfide) groups is 1. The smallest absolute Gasteiger partial charge is 0.339 e. The largest absolute Gasteiger partial charge is 0.464 e. The summed E-state index contributed by atoms with van der Waals surface area (Å²) >= 11 is 1.32. The third-order valence-electron chi connectivity index (χ3n) is 5.86.